The molecule has 0 fully saturated rings. The Labute approximate surface area is 190 Å². The Morgan fingerprint density at radius 1 is 1.22 bits per heavy atom. The van der Waals surface area contributed by atoms with Gasteiger partial charge in [0.2, 0.25) is 5.91 Å². The molecule has 1 N–H and O–H groups in total. The fraction of sp³-hybridized carbons (Fsp3) is 0.182. The number of nitrogens with zero attached hydrogens (tertiary/aromatic N) is 2. The maximum Gasteiger partial charge on any atom is 0.268 e. The average molecular weight is 472 g/mol. The highest BCUT2D eigenvalue weighted by Gasteiger charge is 2.34. The van der Waals surface area contributed by atoms with Gasteiger partial charge in [0.25, 0.3) is 10.0 Å². The minimum absolute atomic E-state index is 0.0314. The van der Waals surface area contributed by atoms with E-state index in [-0.39, 0.29) is 22.3 Å². The van der Waals surface area contributed by atoms with Gasteiger partial charge < -0.3 is 9.47 Å². The second-order valence-corrected chi connectivity index (χ2v) is 9.60. The van der Waals surface area contributed by atoms with Crippen molar-refractivity contribution in [3.8, 4) is 11.5 Å². The third-order valence-corrected chi connectivity index (χ3v) is 7.48. The number of ether oxygens (including phenoxy) is 2. The summed E-state index contributed by atoms with van der Waals surface area (Å²) in [4.78, 5) is 16.1. The number of amides is 1. The van der Waals surface area contributed by atoms with Crippen LogP contribution in [0.3, 0.4) is 0 Å². The molecule has 1 aliphatic heterocycles. The number of hydrogen-bond acceptors (Lipinski definition) is 7. The van der Waals surface area contributed by atoms with Crippen molar-refractivity contribution in [3.05, 3.63) is 65.2 Å². The van der Waals surface area contributed by atoms with Gasteiger partial charge in [0, 0.05) is 24.2 Å². The molecule has 1 aromatic heterocycles. The Balaban J connectivity index is 1.71. The molecule has 0 atom stereocenters. The van der Waals surface area contributed by atoms with E-state index in [2.05, 4.69) is 10.3 Å². The van der Waals surface area contributed by atoms with Crippen molar-refractivity contribution in [1.82, 2.24) is 4.98 Å². The van der Waals surface area contributed by atoms with Gasteiger partial charge in [0.05, 0.1) is 19.9 Å². The highest BCUT2D eigenvalue weighted by Crippen LogP contribution is 2.40. The van der Waals surface area contributed by atoms with E-state index in [1.54, 1.807) is 23.7 Å². The molecular formula is C22H21N3O5S2. The lowest BCUT2D eigenvalue weighted by Crippen LogP contribution is -2.29. The third kappa shape index (κ3) is 4.19. The first-order chi connectivity index (χ1) is 15.4. The number of methoxy groups -OCH3 is 2. The van der Waals surface area contributed by atoms with Crippen molar-refractivity contribution in [1.29, 1.82) is 0 Å². The standard InChI is InChI=1S/C22H21N3O5S2/c1-29-18-13-15(7-8-20(26)24-22-23-10-12-31-22)14-19(21(18)30-2)32(27,28)25-11-9-16-5-3-4-6-17(16)25/h3-8,10,12-14H,9,11H2,1-2H3,(H,23,24,26). The number of fused-ring (bicyclic) bond motifs is 1. The van der Waals surface area contributed by atoms with E-state index in [1.807, 2.05) is 18.2 Å². The summed E-state index contributed by atoms with van der Waals surface area (Å²) in [5.74, 6) is -0.0186. The van der Waals surface area contributed by atoms with E-state index in [4.69, 9.17) is 9.47 Å². The molecule has 0 aliphatic carbocycles. The molecule has 4 rings (SSSR count). The Kier molecular flexibility index (Phi) is 6.15. The molecule has 0 spiro atoms. The molecule has 1 aliphatic rings. The molecule has 0 unspecified atom stereocenters. The lowest BCUT2D eigenvalue weighted by molar-refractivity contribution is -0.111. The highest BCUT2D eigenvalue weighted by molar-refractivity contribution is 7.93. The van der Waals surface area contributed by atoms with Crippen molar-refractivity contribution >= 4 is 44.2 Å². The molecule has 0 saturated heterocycles. The summed E-state index contributed by atoms with van der Waals surface area (Å²) < 4.78 is 39.4. The van der Waals surface area contributed by atoms with Crippen molar-refractivity contribution in [2.24, 2.45) is 0 Å². The van der Waals surface area contributed by atoms with E-state index >= 15 is 0 Å². The Bertz CT molecular complexity index is 1270. The van der Waals surface area contributed by atoms with E-state index in [0.717, 1.165) is 5.56 Å². The summed E-state index contributed by atoms with van der Waals surface area (Å²) in [7, 11) is -1.12. The Hall–Kier alpha value is -3.37. The zero-order valence-corrected chi connectivity index (χ0v) is 19.1. The quantitative estimate of drug-likeness (QED) is 0.529. The minimum Gasteiger partial charge on any atom is -0.493 e. The number of rotatable bonds is 7. The zero-order chi connectivity index (χ0) is 22.7. The van der Waals surface area contributed by atoms with Crippen LogP contribution < -0.4 is 19.1 Å². The summed E-state index contributed by atoms with van der Waals surface area (Å²) in [5, 5.41) is 4.87. The van der Waals surface area contributed by atoms with E-state index in [0.29, 0.717) is 29.3 Å². The van der Waals surface area contributed by atoms with E-state index in [9.17, 15) is 13.2 Å². The van der Waals surface area contributed by atoms with Crippen LogP contribution in [0, 0.1) is 0 Å². The van der Waals surface area contributed by atoms with Gasteiger partial charge in [-0.05, 0) is 41.8 Å². The zero-order valence-electron chi connectivity index (χ0n) is 17.4. The van der Waals surface area contributed by atoms with Crippen LogP contribution in [-0.2, 0) is 21.2 Å². The number of thiazole rings is 1. The lowest BCUT2D eigenvalue weighted by Gasteiger charge is -2.22. The van der Waals surface area contributed by atoms with Crippen molar-refractivity contribution in [2.45, 2.75) is 11.3 Å². The number of carbonyl (C=O) groups excluding carboxylic acids is 1. The van der Waals surface area contributed by atoms with Crippen molar-refractivity contribution in [3.63, 3.8) is 0 Å². The molecule has 2 aromatic carbocycles. The Morgan fingerprint density at radius 2 is 2.03 bits per heavy atom. The van der Waals surface area contributed by atoms with Crippen LogP contribution in [0.25, 0.3) is 6.08 Å². The molecule has 2 heterocycles. The van der Waals surface area contributed by atoms with Gasteiger partial charge >= 0.3 is 0 Å². The van der Waals surface area contributed by atoms with Crippen LogP contribution in [-0.4, -0.2) is 40.1 Å². The molecule has 32 heavy (non-hydrogen) atoms. The van der Waals surface area contributed by atoms with Crippen LogP contribution in [0.4, 0.5) is 10.8 Å². The normalized spacial score (nSPS) is 13.2. The van der Waals surface area contributed by atoms with E-state index < -0.39 is 10.0 Å². The number of nitrogens with one attached hydrogen (secondary N) is 1. The topological polar surface area (TPSA) is 97.8 Å². The number of para-hydroxylation sites is 1. The summed E-state index contributed by atoms with van der Waals surface area (Å²) in [5.41, 5.74) is 2.09. The summed E-state index contributed by atoms with van der Waals surface area (Å²) in [6.07, 6.45) is 5.05. The fourth-order valence-electron chi connectivity index (χ4n) is 3.52. The van der Waals surface area contributed by atoms with Crippen LogP contribution in [0.5, 0.6) is 11.5 Å². The van der Waals surface area contributed by atoms with Gasteiger partial charge in [0.15, 0.2) is 16.6 Å². The molecule has 166 valence electrons. The number of aromatic nitrogens is 1. The van der Waals surface area contributed by atoms with Gasteiger partial charge in [-0.25, -0.2) is 13.4 Å². The van der Waals surface area contributed by atoms with Crippen LogP contribution in [0.1, 0.15) is 11.1 Å². The van der Waals surface area contributed by atoms with Crippen LogP contribution in [0.2, 0.25) is 0 Å². The van der Waals surface area contributed by atoms with Crippen LogP contribution >= 0.6 is 11.3 Å². The Morgan fingerprint density at radius 3 is 2.75 bits per heavy atom. The maximum atomic E-state index is 13.6. The number of hydrogen-bond donors (Lipinski definition) is 1. The predicted molar refractivity (Wildman–Crippen MR) is 124 cm³/mol. The predicted octanol–water partition coefficient (Wildman–Crippen LogP) is 3.56. The molecule has 10 heteroatoms. The molecule has 8 nitrogen and oxygen atoms in total. The smallest absolute Gasteiger partial charge is 0.268 e. The first kappa shape index (κ1) is 21.8. The molecule has 1 amide bonds. The molecule has 0 radical (unpaired) electrons. The third-order valence-electron chi connectivity index (χ3n) is 4.97. The van der Waals surface area contributed by atoms with Crippen molar-refractivity contribution < 1.29 is 22.7 Å². The number of carbonyl (C=O) groups is 1. The molecule has 0 saturated carbocycles. The summed E-state index contributed by atoms with van der Waals surface area (Å²) >= 11 is 1.30. The highest BCUT2D eigenvalue weighted by atomic mass is 32.2. The first-order valence-electron chi connectivity index (χ1n) is 9.69. The van der Waals surface area contributed by atoms with E-state index in [1.165, 1.54) is 48.1 Å². The first-order valence-corrected chi connectivity index (χ1v) is 12.0. The van der Waals surface area contributed by atoms with Gasteiger partial charge in [0.1, 0.15) is 4.90 Å². The second-order valence-electron chi connectivity index (χ2n) is 6.87. The summed E-state index contributed by atoms with van der Waals surface area (Å²) in [6.45, 7) is 0.337. The molecule has 0 bridgehead atoms. The second kappa shape index (κ2) is 9.01. The van der Waals surface area contributed by atoms with Gasteiger partial charge in [-0.3, -0.25) is 14.4 Å². The number of benzene rings is 2. The van der Waals surface area contributed by atoms with Gasteiger partial charge in [-0.2, -0.15) is 0 Å². The molecule has 3 aromatic rings. The molecular weight excluding hydrogens is 450 g/mol. The van der Waals surface area contributed by atoms with Crippen molar-refractivity contribution in [2.75, 3.05) is 30.4 Å². The van der Waals surface area contributed by atoms with Gasteiger partial charge in [-0.15, -0.1) is 11.3 Å². The minimum atomic E-state index is -3.94. The monoisotopic (exact) mass is 471 g/mol. The van der Waals surface area contributed by atoms with Gasteiger partial charge in [-0.1, -0.05) is 18.2 Å². The number of anilines is 2. The number of sulfonamides is 1. The fourth-order valence-corrected chi connectivity index (χ4v) is 5.76. The average Bonchev–Trinajstić information content (AvgIpc) is 3.47. The maximum absolute atomic E-state index is 13.6. The SMILES string of the molecule is COc1cc(C=CC(=O)Nc2nccs2)cc(S(=O)(=O)N2CCc3ccccc32)c1OC. The lowest BCUT2D eigenvalue weighted by atomic mass is 10.2. The largest absolute Gasteiger partial charge is 0.493 e. The van der Waals surface area contributed by atoms with Crippen LogP contribution in [0.15, 0.2) is 58.9 Å². The summed E-state index contributed by atoms with van der Waals surface area (Å²) in [6, 6.07) is 10.5.